The third-order valence-corrected chi connectivity index (χ3v) is 2.40. The summed E-state index contributed by atoms with van der Waals surface area (Å²) in [4.78, 5) is 0. The molecule has 0 saturated carbocycles. The molecule has 2 heterocycles. The number of fused-ring (bicyclic) bond motifs is 1. The third-order valence-electron chi connectivity index (χ3n) is 2.40. The molecular weight excluding hydrogens is 180 g/mol. The summed E-state index contributed by atoms with van der Waals surface area (Å²) >= 11 is 0. The van der Waals surface area contributed by atoms with E-state index in [0.29, 0.717) is 5.58 Å². The van der Waals surface area contributed by atoms with Gasteiger partial charge in [-0.1, -0.05) is 0 Å². The topological polar surface area (TPSA) is 41.5 Å². The van der Waals surface area contributed by atoms with Gasteiger partial charge in [0.05, 0.1) is 12.5 Å². The predicted octanol–water partition coefficient (Wildman–Crippen LogP) is 1.92. The molecule has 0 unspecified atom stereocenters. The maximum Gasteiger partial charge on any atom is 0.195 e. The molecule has 0 aliphatic heterocycles. The Kier molecular flexibility index (Phi) is 2.11. The van der Waals surface area contributed by atoms with Crippen LogP contribution in [0.15, 0.2) is 22.9 Å². The van der Waals surface area contributed by atoms with Crippen molar-refractivity contribution >= 4 is 11.1 Å². The normalized spacial score (nSPS) is 11.0. The molecule has 0 radical (unpaired) electrons. The molecule has 2 aromatic heterocycles. The second-order valence-corrected chi connectivity index (χ2v) is 3.13. The summed E-state index contributed by atoms with van der Waals surface area (Å²) in [7, 11) is 0. The second kappa shape index (κ2) is 3.29. The average Bonchev–Trinajstić information content (AvgIpc) is 2.74. The van der Waals surface area contributed by atoms with E-state index in [0.717, 1.165) is 18.6 Å². The minimum absolute atomic E-state index is 0.192. The molecule has 0 saturated heterocycles. The highest BCUT2D eigenvalue weighted by molar-refractivity contribution is 5.81. The van der Waals surface area contributed by atoms with Crippen LogP contribution in [0.5, 0.6) is 5.75 Å². The Balaban J connectivity index is 2.55. The maximum atomic E-state index is 9.58. The molecular formula is C10H14N2O2. The molecule has 14 heavy (non-hydrogen) atoms. The first-order valence-electron chi connectivity index (χ1n) is 4.80. The minimum atomic E-state index is 0.192. The number of hydrogen-bond donors (Lipinski definition) is 1. The fourth-order valence-electron chi connectivity index (χ4n) is 1.68. The highest BCUT2D eigenvalue weighted by Crippen LogP contribution is 2.27. The number of nitrogens with zero attached hydrogens (tertiary/aromatic N) is 2. The van der Waals surface area contributed by atoms with Crippen LogP contribution in [-0.4, -0.2) is 22.9 Å². The van der Waals surface area contributed by atoms with E-state index in [-0.39, 0.29) is 5.75 Å². The van der Waals surface area contributed by atoms with E-state index in [1.807, 2.05) is 10.7 Å². The largest absolute Gasteiger partial charge is 0.503 e. The molecule has 0 aliphatic rings. The van der Waals surface area contributed by atoms with Crippen molar-refractivity contribution in [3.05, 3.63) is 18.5 Å². The van der Waals surface area contributed by atoms with Crippen LogP contribution in [0, 0.1) is 0 Å². The molecule has 4 nitrogen and oxygen atoms in total. The highest BCUT2D eigenvalue weighted by atomic mass is 16.3. The van der Waals surface area contributed by atoms with Crippen molar-refractivity contribution in [2.45, 2.75) is 13.8 Å². The van der Waals surface area contributed by atoms with Gasteiger partial charge in [0, 0.05) is 19.2 Å². The number of aromatic hydroxyl groups is 1. The molecule has 0 bridgehead atoms. The van der Waals surface area contributed by atoms with Crippen molar-refractivity contribution in [2.75, 3.05) is 18.1 Å². The molecule has 0 fully saturated rings. The zero-order valence-electron chi connectivity index (χ0n) is 8.40. The summed E-state index contributed by atoms with van der Waals surface area (Å²) in [5.74, 6) is 0.192. The Morgan fingerprint density at radius 2 is 2.14 bits per heavy atom. The number of furan rings is 1. The lowest BCUT2D eigenvalue weighted by Gasteiger charge is -2.22. The van der Waals surface area contributed by atoms with E-state index in [9.17, 15) is 5.11 Å². The van der Waals surface area contributed by atoms with Gasteiger partial charge >= 0.3 is 0 Å². The Bertz CT molecular complexity index is 426. The first-order valence-corrected chi connectivity index (χ1v) is 4.80. The number of rotatable bonds is 3. The van der Waals surface area contributed by atoms with Crippen LogP contribution in [0.2, 0.25) is 0 Å². The van der Waals surface area contributed by atoms with Gasteiger partial charge in [-0.2, -0.15) is 0 Å². The summed E-state index contributed by atoms with van der Waals surface area (Å²) in [5, 5.41) is 11.7. The quantitative estimate of drug-likeness (QED) is 0.811. The SMILES string of the molecule is CCN(CC)n1cc(O)c2occc21. The van der Waals surface area contributed by atoms with Crippen LogP contribution in [0.25, 0.3) is 11.1 Å². The Hall–Kier alpha value is -1.58. The van der Waals surface area contributed by atoms with Crippen LogP contribution in [0.1, 0.15) is 13.8 Å². The van der Waals surface area contributed by atoms with Crippen LogP contribution in [-0.2, 0) is 0 Å². The Morgan fingerprint density at radius 3 is 2.79 bits per heavy atom. The zero-order valence-corrected chi connectivity index (χ0v) is 8.40. The van der Waals surface area contributed by atoms with Crippen LogP contribution >= 0.6 is 0 Å². The van der Waals surface area contributed by atoms with Crippen LogP contribution < -0.4 is 5.01 Å². The molecule has 0 amide bonds. The average molecular weight is 194 g/mol. The molecule has 0 aromatic carbocycles. The molecule has 1 N–H and O–H groups in total. The highest BCUT2D eigenvalue weighted by Gasteiger charge is 2.12. The van der Waals surface area contributed by atoms with Gasteiger partial charge in [0.15, 0.2) is 11.3 Å². The monoisotopic (exact) mass is 194 g/mol. The van der Waals surface area contributed by atoms with Gasteiger partial charge in [-0.15, -0.1) is 0 Å². The van der Waals surface area contributed by atoms with Gasteiger partial charge < -0.3 is 14.5 Å². The van der Waals surface area contributed by atoms with Crippen molar-refractivity contribution in [1.82, 2.24) is 4.68 Å². The summed E-state index contributed by atoms with van der Waals surface area (Å²) in [5.41, 5.74) is 1.46. The summed E-state index contributed by atoms with van der Waals surface area (Å²) in [6.07, 6.45) is 3.27. The van der Waals surface area contributed by atoms with E-state index in [1.165, 1.54) is 0 Å². The second-order valence-electron chi connectivity index (χ2n) is 3.13. The fraction of sp³-hybridized carbons (Fsp3) is 0.400. The number of aromatic nitrogens is 1. The Morgan fingerprint density at radius 1 is 1.43 bits per heavy atom. The molecule has 2 aromatic rings. The molecule has 2 rings (SSSR count). The zero-order chi connectivity index (χ0) is 10.1. The fourth-order valence-corrected chi connectivity index (χ4v) is 1.68. The van der Waals surface area contributed by atoms with Crippen molar-refractivity contribution < 1.29 is 9.52 Å². The van der Waals surface area contributed by atoms with Gasteiger partial charge in [0.1, 0.15) is 5.52 Å². The van der Waals surface area contributed by atoms with E-state index < -0.39 is 0 Å². The van der Waals surface area contributed by atoms with Gasteiger partial charge in [0.25, 0.3) is 0 Å². The first-order chi connectivity index (χ1) is 6.77. The third kappa shape index (κ3) is 1.14. The minimum Gasteiger partial charge on any atom is -0.503 e. The van der Waals surface area contributed by atoms with Crippen molar-refractivity contribution in [3.63, 3.8) is 0 Å². The van der Waals surface area contributed by atoms with Crippen molar-refractivity contribution in [3.8, 4) is 5.75 Å². The van der Waals surface area contributed by atoms with E-state index in [1.54, 1.807) is 12.5 Å². The summed E-state index contributed by atoms with van der Waals surface area (Å²) in [6, 6.07) is 1.85. The van der Waals surface area contributed by atoms with Crippen molar-refractivity contribution in [1.29, 1.82) is 0 Å². The van der Waals surface area contributed by atoms with Gasteiger partial charge in [-0.3, -0.25) is 4.68 Å². The van der Waals surface area contributed by atoms with Gasteiger partial charge in [-0.25, -0.2) is 0 Å². The molecule has 0 aliphatic carbocycles. The Labute approximate surface area is 82.3 Å². The summed E-state index contributed by atoms with van der Waals surface area (Å²) < 4.78 is 7.10. The molecule has 0 spiro atoms. The van der Waals surface area contributed by atoms with E-state index in [2.05, 4.69) is 18.9 Å². The van der Waals surface area contributed by atoms with Gasteiger partial charge in [-0.05, 0) is 13.8 Å². The summed E-state index contributed by atoms with van der Waals surface area (Å²) in [6.45, 7) is 5.94. The van der Waals surface area contributed by atoms with Crippen LogP contribution in [0.3, 0.4) is 0 Å². The number of hydrogen-bond acceptors (Lipinski definition) is 3. The maximum absolute atomic E-state index is 9.58. The molecule has 76 valence electrons. The van der Waals surface area contributed by atoms with Gasteiger partial charge in [0.2, 0.25) is 0 Å². The lowest BCUT2D eigenvalue weighted by atomic mass is 10.5. The standard InChI is InChI=1S/C10H14N2O2/c1-3-11(4-2)12-7-9(13)10-8(12)5-6-14-10/h5-7,13H,3-4H2,1-2H3. The molecule has 0 atom stereocenters. The van der Waals surface area contributed by atoms with Crippen LogP contribution in [0.4, 0.5) is 0 Å². The van der Waals surface area contributed by atoms with E-state index in [4.69, 9.17) is 4.42 Å². The first kappa shape index (κ1) is 8.99. The molecule has 4 heteroatoms. The smallest absolute Gasteiger partial charge is 0.195 e. The van der Waals surface area contributed by atoms with E-state index >= 15 is 0 Å². The lowest BCUT2D eigenvalue weighted by molar-refractivity contribution is 0.462. The van der Waals surface area contributed by atoms with Crippen molar-refractivity contribution in [2.24, 2.45) is 0 Å². The lowest BCUT2D eigenvalue weighted by Crippen LogP contribution is -2.33. The predicted molar refractivity (Wildman–Crippen MR) is 55.2 cm³/mol.